The number of pyridine rings is 1. The summed E-state index contributed by atoms with van der Waals surface area (Å²) in [6.07, 6.45) is 3.69. The molecule has 0 radical (unpaired) electrons. The SMILES string of the molecule is CC(C)(C)OC(=O)NC1CC2(CC2)c2cccnc2NC1=O. The van der Waals surface area contributed by atoms with Gasteiger partial charge in [0.25, 0.3) is 0 Å². The Morgan fingerprint density at radius 2 is 2.18 bits per heavy atom. The molecule has 118 valence electrons. The smallest absolute Gasteiger partial charge is 0.408 e. The van der Waals surface area contributed by atoms with Crippen LogP contribution in [0.1, 0.15) is 45.6 Å². The van der Waals surface area contributed by atoms with Crippen molar-refractivity contribution in [3.8, 4) is 0 Å². The van der Waals surface area contributed by atoms with Crippen LogP contribution in [0, 0.1) is 0 Å². The van der Waals surface area contributed by atoms with Gasteiger partial charge in [-0.05, 0) is 46.1 Å². The van der Waals surface area contributed by atoms with Crippen molar-refractivity contribution in [3.05, 3.63) is 23.9 Å². The number of alkyl carbamates (subject to hydrolysis) is 1. The lowest BCUT2D eigenvalue weighted by Crippen LogP contribution is -2.46. The normalized spacial score (nSPS) is 22.3. The molecule has 1 saturated carbocycles. The fourth-order valence-corrected chi connectivity index (χ4v) is 2.92. The first-order valence-corrected chi connectivity index (χ1v) is 7.55. The highest BCUT2D eigenvalue weighted by Gasteiger charge is 2.50. The highest BCUT2D eigenvalue weighted by Crippen LogP contribution is 2.54. The van der Waals surface area contributed by atoms with E-state index in [4.69, 9.17) is 4.74 Å². The number of nitrogens with zero attached hydrogens (tertiary/aromatic N) is 1. The van der Waals surface area contributed by atoms with Crippen LogP contribution in [0.3, 0.4) is 0 Å². The third-order valence-electron chi connectivity index (χ3n) is 4.08. The van der Waals surface area contributed by atoms with Gasteiger partial charge in [-0.25, -0.2) is 9.78 Å². The largest absolute Gasteiger partial charge is 0.444 e. The van der Waals surface area contributed by atoms with E-state index in [1.807, 2.05) is 12.1 Å². The van der Waals surface area contributed by atoms with Crippen LogP contribution >= 0.6 is 0 Å². The topological polar surface area (TPSA) is 80.3 Å². The van der Waals surface area contributed by atoms with Crippen molar-refractivity contribution in [3.63, 3.8) is 0 Å². The van der Waals surface area contributed by atoms with Crippen molar-refractivity contribution < 1.29 is 14.3 Å². The van der Waals surface area contributed by atoms with E-state index in [2.05, 4.69) is 15.6 Å². The highest BCUT2D eigenvalue weighted by atomic mass is 16.6. The third kappa shape index (κ3) is 2.91. The minimum absolute atomic E-state index is 0.0531. The lowest BCUT2D eigenvalue weighted by Gasteiger charge is -2.23. The molecule has 22 heavy (non-hydrogen) atoms. The second kappa shape index (κ2) is 4.97. The van der Waals surface area contributed by atoms with Crippen molar-refractivity contribution in [2.45, 2.75) is 57.1 Å². The predicted octanol–water partition coefficient (Wildman–Crippen LogP) is 2.35. The quantitative estimate of drug-likeness (QED) is 0.834. The van der Waals surface area contributed by atoms with E-state index in [-0.39, 0.29) is 11.3 Å². The van der Waals surface area contributed by atoms with Crippen LogP contribution in [-0.4, -0.2) is 28.6 Å². The van der Waals surface area contributed by atoms with E-state index in [0.29, 0.717) is 12.2 Å². The summed E-state index contributed by atoms with van der Waals surface area (Å²) in [6.45, 7) is 5.38. The Bertz CT molecular complexity index is 617. The van der Waals surface area contributed by atoms with E-state index in [9.17, 15) is 9.59 Å². The number of fused-ring (bicyclic) bond motifs is 2. The Morgan fingerprint density at radius 1 is 1.45 bits per heavy atom. The van der Waals surface area contributed by atoms with Crippen LogP contribution in [0.25, 0.3) is 0 Å². The Kier molecular flexibility index (Phi) is 3.34. The first kappa shape index (κ1) is 14.8. The van der Waals surface area contributed by atoms with E-state index in [1.54, 1.807) is 27.0 Å². The van der Waals surface area contributed by atoms with Crippen molar-refractivity contribution in [2.75, 3.05) is 5.32 Å². The van der Waals surface area contributed by atoms with E-state index in [1.165, 1.54) is 0 Å². The Hall–Kier alpha value is -2.11. The Balaban J connectivity index is 1.79. The number of hydrogen-bond donors (Lipinski definition) is 2. The van der Waals surface area contributed by atoms with Crippen molar-refractivity contribution in [2.24, 2.45) is 0 Å². The molecule has 0 bridgehead atoms. The molecule has 6 nitrogen and oxygen atoms in total. The minimum Gasteiger partial charge on any atom is -0.444 e. The maximum absolute atomic E-state index is 12.4. The number of hydrogen-bond acceptors (Lipinski definition) is 4. The second-order valence-corrected chi connectivity index (χ2v) is 7.07. The molecule has 2 aliphatic rings. The predicted molar refractivity (Wildman–Crippen MR) is 81.6 cm³/mol. The van der Waals surface area contributed by atoms with Gasteiger partial charge in [0.05, 0.1) is 0 Å². The van der Waals surface area contributed by atoms with Crippen LogP contribution in [0.15, 0.2) is 18.3 Å². The highest BCUT2D eigenvalue weighted by molar-refractivity contribution is 5.97. The summed E-state index contributed by atoms with van der Waals surface area (Å²) >= 11 is 0. The van der Waals surface area contributed by atoms with Gasteiger partial charge in [-0.3, -0.25) is 4.79 Å². The van der Waals surface area contributed by atoms with Gasteiger partial charge < -0.3 is 15.4 Å². The Morgan fingerprint density at radius 3 is 2.82 bits per heavy atom. The monoisotopic (exact) mass is 303 g/mol. The van der Waals surface area contributed by atoms with Crippen LogP contribution < -0.4 is 10.6 Å². The molecule has 1 spiro atoms. The zero-order valence-corrected chi connectivity index (χ0v) is 13.1. The van der Waals surface area contributed by atoms with Crippen molar-refractivity contribution in [1.29, 1.82) is 0 Å². The summed E-state index contributed by atoms with van der Waals surface area (Å²) in [5, 5.41) is 5.51. The molecule has 2 amide bonds. The summed E-state index contributed by atoms with van der Waals surface area (Å²) in [5.41, 5.74) is 0.423. The molecule has 1 aromatic heterocycles. The van der Waals surface area contributed by atoms with Gasteiger partial charge in [-0.2, -0.15) is 0 Å². The van der Waals surface area contributed by atoms with E-state index in [0.717, 1.165) is 18.4 Å². The number of amides is 2. The second-order valence-electron chi connectivity index (χ2n) is 7.07. The molecule has 1 unspecified atom stereocenters. The molecule has 1 atom stereocenters. The first-order valence-electron chi connectivity index (χ1n) is 7.55. The van der Waals surface area contributed by atoms with Crippen LogP contribution in [0.4, 0.5) is 10.6 Å². The van der Waals surface area contributed by atoms with Crippen molar-refractivity contribution in [1.82, 2.24) is 10.3 Å². The van der Waals surface area contributed by atoms with Crippen LogP contribution in [0.5, 0.6) is 0 Å². The maximum Gasteiger partial charge on any atom is 0.408 e. The van der Waals surface area contributed by atoms with Gasteiger partial charge in [0.15, 0.2) is 0 Å². The van der Waals surface area contributed by atoms with Gasteiger partial charge in [-0.1, -0.05) is 6.07 Å². The number of carbonyl (C=O) groups excluding carboxylic acids is 2. The van der Waals surface area contributed by atoms with Crippen LogP contribution in [0.2, 0.25) is 0 Å². The fraction of sp³-hybridized carbons (Fsp3) is 0.562. The molecule has 1 aliphatic heterocycles. The van der Waals surface area contributed by atoms with Crippen LogP contribution in [-0.2, 0) is 14.9 Å². The minimum atomic E-state index is -0.605. The Labute approximate surface area is 129 Å². The van der Waals surface area contributed by atoms with Gasteiger partial charge in [-0.15, -0.1) is 0 Å². The number of aromatic nitrogens is 1. The number of carbonyl (C=O) groups is 2. The zero-order valence-electron chi connectivity index (χ0n) is 13.1. The molecule has 1 fully saturated rings. The summed E-state index contributed by atoms with van der Waals surface area (Å²) in [6, 6.07) is 3.28. The fourth-order valence-electron chi connectivity index (χ4n) is 2.92. The number of nitrogens with one attached hydrogen (secondary N) is 2. The average molecular weight is 303 g/mol. The molecule has 2 N–H and O–H groups in total. The van der Waals surface area contributed by atoms with E-state index >= 15 is 0 Å². The number of rotatable bonds is 1. The van der Waals surface area contributed by atoms with Gasteiger partial charge in [0, 0.05) is 17.2 Å². The molecule has 0 saturated heterocycles. The number of anilines is 1. The average Bonchev–Trinajstić information content (AvgIpc) is 3.17. The zero-order chi connectivity index (χ0) is 16.0. The summed E-state index contributed by atoms with van der Waals surface area (Å²) in [5.74, 6) is 0.369. The molecule has 0 aromatic carbocycles. The van der Waals surface area contributed by atoms with Gasteiger partial charge in [0.2, 0.25) is 5.91 Å². The summed E-state index contributed by atoms with van der Waals surface area (Å²) in [7, 11) is 0. The molecular weight excluding hydrogens is 282 g/mol. The van der Waals surface area contributed by atoms with Crippen molar-refractivity contribution >= 4 is 17.8 Å². The molecule has 6 heteroatoms. The molecule has 2 heterocycles. The summed E-state index contributed by atoms with van der Waals surface area (Å²) in [4.78, 5) is 28.6. The van der Waals surface area contributed by atoms with E-state index < -0.39 is 17.7 Å². The molecule has 1 aromatic rings. The summed E-state index contributed by atoms with van der Waals surface area (Å²) < 4.78 is 5.25. The maximum atomic E-state index is 12.4. The number of ether oxygens (including phenoxy) is 1. The lowest BCUT2D eigenvalue weighted by molar-refractivity contribution is -0.118. The molecule has 3 rings (SSSR count). The molecular formula is C16H21N3O3. The molecule has 1 aliphatic carbocycles. The van der Waals surface area contributed by atoms with Gasteiger partial charge in [0.1, 0.15) is 17.5 Å². The standard InChI is InChI=1S/C16H21N3O3/c1-15(2,3)22-14(21)18-11-9-16(6-7-16)10-5-4-8-17-12(10)19-13(11)20/h4-5,8,11H,6-7,9H2,1-3H3,(H,18,21)(H,17,19,20). The van der Waals surface area contributed by atoms with Gasteiger partial charge >= 0.3 is 6.09 Å². The lowest BCUT2D eigenvalue weighted by atomic mass is 9.90. The third-order valence-corrected chi connectivity index (χ3v) is 4.08. The first-order chi connectivity index (χ1) is 10.3.